The fourth-order valence-electron chi connectivity index (χ4n) is 6.07. The van der Waals surface area contributed by atoms with E-state index in [1.54, 1.807) is 58.8 Å². The zero-order valence-corrected chi connectivity index (χ0v) is 25.9. The van der Waals surface area contributed by atoms with Gasteiger partial charge in [-0.15, -0.1) is 11.3 Å². The predicted molar refractivity (Wildman–Crippen MR) is 163 cm³/mol. The Labute approximate surface area is 263 Å². The molecule has 2 N–H and O–H groups in total. The van der Waals surface area contributed by atoms with Crippen molar-refractivity contribution in [3.05, 3.63) is 91.1 Å². The standard InChI is InChI=1S/C31H31Cl2N3O6S/c1-17(37)34-25-9-5-6-10-26(25)36-28(23-12-11-19(32)14-24(23)33)27(21-7-3-4-8-22(21)30(36)39)29(38)35-42-15-20-13-18(16-43-20)31(40)41-2/h3-4,7-8,11-14,16,25-28H,5-6,9-10,15H2,1-2H3,(H,34,37)(H,35,38)/t25-,26-,27+,28?/m1/s1. The number of rotatable bonds is 8. The van der Waals surface area contributed by atoms with Crippen LogP contribution < -0.4 is 10.8 Å². The maximum Gasteiger partial charge on any atom is 0.338 e. The summed E-state index contributed by atoms with van der Waals surface area (Å²) in [7, 11) is 1.31. The summed E-state index contributed by atoms with van der Waals surface area (Å²) >= 11 is 14.3. The molecule has 0 bridgehead atoms. The highest BCUT2D eigenvalue weighted by atomic mass is 35.5. The average Bonchev–Trinajstić information content (AvgIpc) is 3.46. The number of amides is 3. The van der Waals surface area contributed by atoms with Crippen LogP contribution in [0.2, 0.25) is 10.0 Å². The molecule has 1 aliphatic heterocycles. The second-order valence-corrected chi connectivity index (χ2v) is 12.4. The Morgan fingerprint density at radius 1 is 1.05 bits per heavy atom. The number of benzene rings is 2. The van der Waals surface area contributed by atoms with Crippen LogP contribution in [0, 0.1) is 0 Å². The number of hydroxylamine groups is 1. The Bertz CT molecular complexity index is 1550. The van der Waals surface area contributed by atoms with Crippen molar-refractivity contribution >= 4 is 58.2 Å². The minimum atomic E-state index is -0.901. The van der Waals surface area contributed by atoms with E-state index in [0.29, 0.717) is 50.0 Å². The van der Waals surface area contributed by atoms with Gasteiger partial charge in [0.2, 0.25) is 5.91 Å². The molecule has 0 saturated heterocycles. The van der Waals surface area contributed by atoms with E-state index in [1.165, 1.54) is 25.4 Å². The Hall–Kier alpha value is -3.44. The summed E-state index contributed by atoms with van der Waals surface area (Å²) in [5.41, 5.74) is 4.47. The molecule has 2 aromatic carbocycles. The number of thiophene rings is 1. The largest absolute Gasteiger partial charge is 0.465 e. The molecule has 43 heavy (non-hydrogen) atoms. The molecule has 1 aliphatic carbocycles. The van der Waals surface area contributed by atoms with Crippen molar-refractivity contribution in [2.45, 2.75) is 63.3 Å². The van der Waals surface area contributed by atoms with E-state index < -0.39 is 23.8 Å². The average molecular weight is 645 g/mol. The second kappa shape index (κ2) is 13.5. The Morgan fingerprint density at radius 2 is 1.81 bits per heavy atom. The van der Waals surface area contributed by atoms with Crippen LogP contribution in [0.25, 0.3) is 0 Å². The number of nitrogens with zero attached hydrogens (tertiary/aromatic N) is 1. The summed E-state index contributed by atoms with van der Waals surface area (Å²) < 4.78 is 4.76. The SMILES string of the molecule is COC(=O)c1csc(CONC(=O)[C@H]2c3ccccc3C(=O)N([C@@H]3CCCC[C@H]3NC(C)=O)C2c2ccc(Cl)cc2Cl)c1. The van der Waals surface area contributed by atoms with E-state index in [0.717, 1.165) is 12.8 Å². The highest BCUT2D eigenvalue weighted by molar-refractivity contribution is 7.10. The number of hydrogen-bond donors (Lipinski definition) is 2. The van der Waals surface area contributed by atoms with Crippen LogP contribution in [-0.2, 0) is 25.8 Å². The number of esters is 1. The molecule has 1 aromatic heterocycles. The van der Waals surface area contributed by atoms with Gasteiger partial charge < -0.3 is 15.0 Å². The quantitative estimate of drug-likeness (QED) is 0.236. The number of carbonyl (C=O) groups is 4. The van der Waals surface area contributed by atoms with Gasteiger partial charge in [-0.2, -0.15) is 0 Å². The van der Waals surface area contributed by atoms with Gasteiger partial charge >= 0.3 is 5.97 Å². The summed E-state index contributed by atoms with van der Waals surface area (Å²) in [6.07, 6.45) is 3.11. The van der Waals surface area contributed by atoms with Crippen LogP contribution in [0.3, 0.4) is 0 Å². The van der Waals surface area contributed by atoms with Gasteiger partial charge in [-0.1, -0.05) is 60.3 Å². The predicted octanol–water partition coefficient (Wildman–Crippen LogP) is 5.82. The highest BCUT2D eigenvalue weighted by Gasteiger charge is 2.49. The third-order valence-electron chi connectivity index (χ3n) is 7.88. The third kappa shape index (κ3) is 6.57. The van der Waals surface area contributed by atoms with Crippen LogP contribution in [0.1, 0.15) is 81.3 Å². The molecular formula is C31H31Cl2N3O6S. The fourth-order valence-corrected chi connectivity index (χ4v) is 7.35. The lowest BCUT2D eigenvalue weighted by molar-refractivity contribution is -0.138. The van der Waals surface area contributed by atoms with Gasteiger partial charge in [-0.25, -0.2) is 10.3 Å². The van der Waals surface area contributed by atoms with Crippen LogP contribution in [0.5, 0.6) is 0 Å². The van der Waals surface area contributed by atoms with Gasteiger partial charge in [0.05, 0.1) is 30.7 Å². The summed E-state index contributed by atoms with van der Waals surface area (Å²) in [5, 5.41) is 5.42. The molecular weight excluding hydrogens is 613 g/mol. The Balaban J connectivity index is 1.53. The van der Waals surface area contributed by atoms with Gasteiger partial charge in [0, 0.05) is 38.8 Å². The molecule has 12 heteroatoms. The lowest BCUT2D eigenvalue weighted by Crippen LogP contribution is -2.59. The number of nitrogens with one attached hydrogen (secondary N) is 2. The molecule has 4 atom stereocenters. The summed E-state index contributed by atoms with van der Waals surface area (Å²) in [5.74, 6) is -2.26. The first-order valence-electron chi connectivity index (χ1n) is 13.9. The van der Waals surface area contributed by atoms with E-state index in [2.05, 4.69) is 10.8 Å². The molecule has 3 amide bonds. The molecule has 226 valence electrons. The number of halogens is 2. The Kier molecular flexibility index (Phi) is 9.71. The zero-order valence-electron chi connectivity index (χ0n) is 23.6. The zero-order chi connectivity index (χ0) is 30.7. The summed E-state index contributed by atoms with van der Waals surface area (Å²) in [6.45, 7) is 1.48. The van der Waals surface area contributed by atoms with Gasteiger partial charge in [-0.05, 0) is 48.2 Å². The van der Waals surface area contributed by atoms with E-state index in [-0.39, 0.29) is 30.5 Å². The lowest BCUT2D eigenvalue weighted by atomic mass is 9.76. The van der Waals surface area contributed by atoms with Crippen LogP contribution >= 0.6 is 34.5 Å². The van der Waals surface area contributed by atoms with Crippen molar-refractivity contribution < 1.29 is 28.8 Å². The molecule has 5 rings (SSSR count). The van der Waals surface area contributed by atoms with Crippen molar-refractivity contribution in [2.75, 3.05) is 7.11 Å². The number of ether oxygens (including phenoxy) is 1. The molecule has 2 heterocycles. The first-order valence-corrected chi connectivity index (χ1v) is 15.5. The van der Waals surface area contributed by atoms with Crippen molar-refractivity contribution in [3.63, 3.8) is 0 Å². The van der Waals surface area contributed by atoms with Crippen LogP contribution in [0.15, 0.2) is 53.9 Å². The van der Waals surface area contributed by atoms with E-state index in [4.69, 9.17) is 32.8 Å². The molecule has 0 spiro atoms. The first-order chi connectivity index (χ1) is 20.7. The van der Waals surface area contributed by atoms with Gasteiger partial charge in [0.15, 0.2) is 0 Å². The normalized spacial score (nSPS) is 21.6. The molecule has 1 unspecified atom stereocenters. The molecule has 2 aliphatic rings. The first kappa shape index (κ1) is 31.0. The maximum absolute atomic E-state index is 14.3. The Morgan fingerprint density at radius 3 is 2.56 bits per heavy atom. The molecule has 3 aromatic rings. The van der Waals surface area contributed by atoms with Crippen LogP contribution in [-0.4, -0.2) is 47.8 Å². The summed E-state index contributed by atoms with van der Waals surface area (Å²) in [4.78, 5) is 60.4. The molecule has 1 fully saturated rings. The van der Waals surface area contributed by atoms with Gasteiger partial charge in [-0.3, -0.25) is 19.2 Å². The monoisotopic (exact) mass is 643 g/mol. The van der Waals surface area contributed by atoms with Crippen molar-refractivity contribution in [2.24, 2.45) is 0 Å². The smallest absolute Gasteiger partial charge is 0.338 e. The fraction of sp³-hybridized carbons (Fsp3) is 0.355. The number of methoxy groups -OCH3 is 1. The maximum atomic E-state index is 14.3. The third-order valence-corrected chi connectivity index (χ3v) is 9.35. The van der Waals surface area contributed by atoms with Gasteiger partial charge in [0.25, 0.3) is 11.8 Å². The molecule has 1 saturated carbocycles. The number of fused-ring (bicyclic) bond motifs is 1. The topological polar surface area (TPSA) is 114 Å². The second-order valence-electron chi connectivity index (χ2n) is 10.6. The van der Waals surface area contributed by atoms with E-state index >= 15 is 0 Å². The van der Waals surface area contributed by atoms with Crippen LogP contribution in [0.4, 0.5) is 0 Å². The molecule has 0 radical (unpaired) electrons. The molecule has 9 nitrogen and oxygen atoms in total. The minimum absolute atomic E-state index is 0.0179. The summed E-state index contributed by atoms with van der Waals surface area (Å²) in [6, 6.07) is 12.2. The number of carbonyl (C=O) groups excluding carboxylic acids is 4. The van der Waals surface area contributed by atoms with Crippen molar-refractivity contribution in [3.8, 4) is 0 Å². The van der Waals surface area contributed by atoms with Gasteiger partial charge in [0.1, 0.15) is 6.61 Å². The van der Waals surface area contributed by atoms with E-state index in [1.807, 2.05) is 0 Å². The lowest BCUT2D eigenvalue weighted by Gasteiger charge is -2.49. The minimum Gasteiger partial charge on any atom is -0.465 e. The van der Waals surface area contributed by atoms with Crippen molar-refractivity contribution in [1.82, 2.24) is 15.7 Å². The number of hydrogen-bond acceptors (Lipinski definition) is 7. The highest BCUT2D eigenvalue weighted by Crippen LogP contribution is 2.47. The van der Waals surface area contributed by atoms with E-state index in [9.17, 15) is 19.2 Å². The van der Waals surface area contributed by atoms with Crippen molar-refractivity contribution in [1.29, 1.82) is 0 Å².